The van der Waals surface area contributed by atoms with E-state index in [-0.39, 0.29) is 42.4 Å². The van der Waals surface area contributed by atoms with Crippen LogP contribution in [0.4, 0.5) is 4.39 Å². The third-order valence-electron chi connectivity index (χ3n) is 7.19. The second-order valence-corrected chi connectivity index (χ2v) is 12.2. The monoisotopic (exact) mass is 624 g/mol. The molecule has 44 heavy (non-hydrogen) atoms. The van der Waals surface area contributed by atoms with Crippen LogP contribution in [-0.2, 0) is 22.6 Å². The molecule has 2 aromatic heterocycles. The molecule has 8 nitrogen and oxygen atoms in total. The Labute approximate surface area is 262 Å². The number of amides is 2. The molecule has 3 heterocycles. The zero-order chi connectivity index (χ0) is 30.5. The van der Waals surface area contributed by atoms with Gasteiger partial charge < -0.3 is 5.32 Å². The van der Waals surface area contributed by atoms with Crippen molar-refractivity contribution in [2.75, 3.05) is 5.75 Å². The molecule has 0 saturated heterocycles. The van der Waals surface area contributed by atoms with Gasteiger partial charge in [0.25, 0.3) is 5.91 Å². The lowest BCUT2D eigenvalue weighted by Crippen LogP contribution is -2.28. The molecule has 5 aromatic rings. The highest BCUT2D eigenvalue weighted by Crippen LogP contribution is 2.35. The van der Waals surface area contributed by atoms with E-state index in [1.54, 1.807) is 33.0 Å². The van der Waals surface area contributed by atoms with Crippen LogP contribution in [0.25, 0.3) is 5.69 Å². The molecule has 222 valence electrons. The quantitative estimate of drug-likeness (QED) is 0.190. The van der Waals surface area contributed by atoms with Gasteiger partial charge >= 0.3 is 0 Å². The fraction of sp³-hybridized carbons (Fsp3) is 0.182. The fourth-order valence-corrected chi connectivity index (χ4v) is 6.50. The number of hydrogen-bond donors (Lipinski definition) is 1. The Bertz CT molecular complexity index is 1770. The molecule has 0 radical (unpaired) electrons. The summed E-state index contributed by atoms with van der Waals surface area (Å²) in [6, 6.07) is 27.4. The highest BCUT2D eigenvalue weighted by atomic mass is 32.2. The maximum atomic E-state index is 13.8. The first-order valence-corrected chi connectivity index (χ1v) is 15.9. The molecule has 0 bridgehead atoms. The summed E-state index contributed by atoms with van der Waals surface area (Å²) in [5.41, 5.74) is 4.57. The molecule has 1 N–H and O–H groups in total. The van der Waals surface area contributed by atoms with Crippen molar-refractivity contribution in [3.8, 4) is 5.69 Å². The van der Waals surface area contributed by atoms with Gasteiger partial charge in [-0.2, -0.15) is 5.10 Å². The Morgan fingerprint density at radius 3 is 2.48 bits per heavy atom. The number of aromatic nitrogens is 3. The number of benzene rings is 3. The number of nitrogens with zero attached hydrogens (tertiary/aromatic N) is 5. The van der Waals surface area contributed by atoms with Gasteiger partial charge in [-0.25, -0.2) is 9.40 Å². The second-order valence-electron chi connectivity index (χ2n) is 10.3. The van der Waals surface area contributed by atoms with Crippen molar-refractivity contribution in [1.29, 1.82) is 0 Å². The van der Waals surface area contributed by atoms with E-state index in [0.29, 0.717) is 23.1 Å². The smallest absolute Gasteiger partial charge is 0.253 e. The van der Waals surface area contributed by atoms with E-state index in [0.717, 1.165) is 27.3 Å². The third kappa shape index (κ3) is 6.79. The van der Waals surface area contributed by atoms with E-state index >= 15 is 0 Å². The average molecular weight is 625 g/mol. The van der Waals surface area contributed by atoms with E-state index in [9.17, 15) is 14.0 Å². The Morgan fingerprint density at radius 2 is 1.75 bits per heavy atom. The summed E-state index contributed by atoms with van der Waals surface area (Å²) in [5.74, 6) is -0.184. The molecule has 1 aliphatic heterocycles. The number of thioether (sulfide) groups is 1. The predicted octanol–water partition coefficient (Wildman–Crippen LogP) is 6.11. The first-order valence-electron chi connectivity index (χ1n) is 14.1. The van der Waals surface area contributed by atoms with E-state index in [1.165, 1.54) is 23.9 Å². The standard InChI is InChI=1S/C33H29FN6O2S2/c1-22-9-11-24(12-10-22)28-19-27(29-8-5-17-43-29)38-40(28)32(42)21-44-33-37-36-30(39(33)26-15-13-25(34)14-16-26)20-35-31(41)18-23-6-3-2-4-7-23/h2-17,28H,18-21H2,1H3,(H,35,41)/t28-/m1/s1. The molecule has 0 unspecified atom stereocenters. The summed E-state index contributed by atoms with van der Waals surface area (Å²) in [6.45, 7) is 2.15. The van der Waals surface area contributed by atoms with Crippen molar-refractivity contribution in [1.82, 2.24) is 25.1 Å². The van der Waals surface area contributed by atoms with Crippen LogP contribution in [0.2, 0.25) is 0 Å². The van der Waals surface area contributed by atoms with Crippen LogP contribution in [-0.4, -0.2) is 43.1 Å². The highest BCUT2D eigenvalue weighted by molar-refractivity contribution is 7.99. The molecule has 6 rings (SSSR count). The van der Waals surface area contributed by atoms with Crippen molar-refractivity contribution in [3.05, 3.63) is 130 Å². The first kappa shape index (κ1) is 29.5. The van der Waals surface area contributed by atoms with Crippen molar-refractivity contribution in [2.24, 2.45) is 5.10 Å². The van der Waals surface area contributed by atoms with Gasteiger partial charge in [-0.1, -0.05) is 78.0 Å². The maximum absolute atomic E-state index is 13.8. The number of thiophene rings is 1. The summed E-state index contributed by atoms with van der Waals surface area (Å²) in [6.07, 6.45) is 0.853. The topological polar surface area (TPSA) is 92.5 Å². The number of nitrogens with one attached hydrogen (secondary N) is 1. The van der Waals surface area contributed by atoms with E-state index in [1.807, 2.05) is 79.0 Å². The molecule has 0 aliphatic carbocycles. The number of hydrogen-bond acceptors (Lipinski definition) is 7. The van der Waals surface area contributed by atoms with Crippen LogP contribution in [0.1, 0.15) is 39.9 Å². The van der Waals surface area contributed by atoms with Crippen LogP contribution in [0, 0.1) is 12.7 Å². The Balaban J connectivity index is 1.21. The van der Waals surface area contributed by atoms with Crippen molar-refractivity contribution in [3.63, 3.8) is 0 Å². The summed E-state index contributed by atoms with van der Waals surface area (Å²) in [5, 5.41) is 20.4. The van der Waals surface area contributed by atoms with Gasteiger partial charge in [0.2, 0.25) is 5.91 Å². The molecule has 2 amide bonds. The molecule has 1 atom stereocenters. The van der Waals surface area contributed by atoms with E-state index < -0.39 is 0 Å². The highest BCUT2D eigenvalue weighted by Gasteiger charge is 2.33. The van der Waals surface area contributed by atoms with E-state index in [2.05, 4.69) is 15.5 Å². The molecule has 0 saturated carbocycles. The van der Waals surface area contributed by atoms with Gasteiger partial charge in [0, 0.05) is 12.1 Å². The van der Waals surface area contributed by atoms with Crippen LogP contribution >= 0.6 is 23.1 Å². The van der Waals surface area contributed by atoms with Gasteiger partial charge in [-0.05, 0) is 53.8 Å². The zero-order valence-corrected chi connectivity index (χ0v) is 25.5. The van der Waals surface area contributed by atoms with Crippen LogP contribution in [0.15, 0.2) is 107 Å². The van der Waals surface area contributed by atoms with E-state index in [4.69, 9.17) is 5.10 Å². The zero-order valence-electron chi connectivity index (χ0n) is 23.9. The lowest BCUT2D eigenvalue weighted by molar-refractivity contribution is -0.130. The minimum absolute atomic E-state index is 0.0588. The van der Waals surface area contributed by atoms with Gasteiger partial charge in [0.05, 0.1) is 35.3 Å². The molecule has 1 aliphatic rings. The van der Waals surface area contributed by atoms with Crippen molar-refractivity contribution < 1.29 is 14.0 Å². The van der Waals surface area contributed by atoms with Crippen molar-refractivity contribution >= 4 is 40.6 Å². The summed E-state index contributed by atoms with van der Waals surface area (Å²) < 4.78 is 15.5. The minimum atomic E-state index is -0.375. The number of halogens is 1. The molecular weight excluding hydrogens is 596 g/mol. The number of aryl methyl sites for hydroxylation is 1. The number of carbonyl (C=O) groups excluding carboxylic acids is 2. The lowest BCUT2D eigenvalue weighted by atomic mass is 10.00. The fourth-order valence-electron chi connectivity index (χ4n) is 4.95. The van der Waals surface area contributed by atoms with Gasteiger partial charge in [0.15, 0.2) is 11.0 Å². The van der Waals surface area contributed by atoms with Gasteiger partial charge in [0.1, 0.15) is 5.82 Å². The summed E-state index contributed by atoms with van der Waals surface area (Å²) in [7, 11) is 0. The summed E-state index contributed by atoms with van der Waals surface area (Å²) >= 11 is 2.82. The predicted molar refractivity (Wildman–Crippen MR) is 170 cm³/mol. The Morgan fingerprint density at radius 1 is 0.977 bits per heavy atom. The maximum Gasteiger partial charge on any atom is 0.253 e. The largest absolute Gasteiger partial charge is 0.348 e. The van der Waals surface area contributed by atoms with Crippen LogP contribution in [0.3, 0.4) is 0 Å². The Kier molecular flexibility index (Phi) is 8.94. The van der Waals surface area contributed by atoms with Gasteiger partial charge in [-0.15, -0.1) is 21.5 Å². The molecule has 0 spiro atoms. The summed E-state index contributed by atoms with van der Waals surface area (Å²) in [4.78, 5) is 27.4. The van der Waals surface area contributed by atoms with Crippen molar-refractivity contribution in [2.45, 2.75) is 37.5 Å². The normalized spacial score (nSPS) is 14.5. The molecule has 11 heteroatoms. The minimum Gasteiger partial charge on any atom is -0.348 e. The first-order chi connectivity index (χ1) is 21.4. The SMILES string of the molecule is Cc1ccc([C@H]2CC(c3cccs3)=NN2C(=O)CSc2nnc(CNC(=O)Cc3ccccc3)n2-c2ccc(F)cc2)cc1. The average Bonchev–Trinajstić information content (AvgIpc) is 3.81. The number of carbonyl (C=O) groups is 2. The lowest BCUT2D eigenvalue weighted by Gasteiger charge is -2.22. The molecule has 0 fully saturated rings. The third-order valence-corrected chi connectivity index (χ3v) is 9.03. The van der Waals surface area contributed by atoms with Crippen LogP contribution in [0.5, 0.6) is 0 Å². The van der Waals surface area contributed by atoms with Crippen LogP contribution < -0.4 is 5.32 Å². The van der Waals surface area contributed by atoms with Gasteiger partial charge in [-0.3, -0.25) is 14.2 Å². The molecular formula is C33H29FN6O2S2. The second kappa shape index (κ2) is 13.4. The number of hydrazone groups is 1. The number of rotatable bonds is 10. The molecule has 3 aromatic carbocycles. The Hall–Kier alpha value is -4.61.